The number of carbonyl (C=O) groups is 2. The van der Waals surface area contributed by atoms with E-state index in [4.69, 9.17) is 5.11 Å². The summed E-state index contributed by atoms with van der Waals surface area (Å²) < 4.78 is 0. The number of hydrogen-bond acceptors (Lipinski definition) is 4. The first kappa shape index (κ1) is 12.9. The fourth-order valence-electron chi connectivity index (χ4n) is 1.82. The van der Waals surface area contributed by atoms with Crippen LogP contribution in [0.15, 0.2) is 12.1 Å². The molecule has 2 rings (SSSR count). The van der Waals surface area contributed by atoms with Crippen LogP contribution in [0, 0.1) is 6.92 Å². The fourth-order valence-corrected chi connectivity index (χ4v) is 2.97. The second kappa shape index (κ2) is 5.39. The number of hydrogen-bond donors (Lipinski definition) is 2. The van der Waals surface area contributed by atoms with E-state index in [0.29, 0.717) is 5.69 Å². The number of amides is 1. The highest BCUT2D eigenvalue weighted by atomic mass is 32.2. The molecule has 1 aliphatic heterocycles. The predicted molar refractivity (Wildman–Crippen MR) is 69.1 cm³/mol. The highest BCUT2D eigenvalue weighted by Crippen LogP contribution is 2.17. The maximum atomic E-state index is 11.9. The van der Waals surface area contributed by atoms with E-state index in [0.717, 1.165) is 17.9 Å². The molecule has 1 atom stereocenters. The van der Waals surface area contributed by atoms with E-state index in [1.165, 1.54) is 12.1 Å². The van der Waals surface area contributed by atoms with Crippen LogP contribution < -0.4 is 5.32 Å². The van der Waals surface area contributed by atoms with Gasteiger partial charge in [-0.1, -0.05) is 0 Å². The number of rotatable bonds is 3. The van der Waals surface area contributed by atoms with Crippen LogP contribution in [0.25, 0.3) is 0 Å². The minimum atomic E-state index is -1.03. The van der Waals surface area contributed by atoms with Crippen LogP contribution in [-0.4, -0.2) is 39.5 Å². The Balaban J connectivity index is 2.10. The summed E-state index contributed by atoms with van der Waals surface area (Å²) in [5.41, 5.74) is 0.758. The molecular formula is C12H14N2O3S. The van der Waals surface area contributed by atoms with Crippen LogP contribution in [0.3, 0.4) is 0 Å². The standard InChI is InChI=1S/C12H14N2O3S/c1-7-9(12(16)17)2-3-10(13-7)11(15)14-8-4-5-18-6-8/h2-3,8H,4-6H2,1H3,(H,14,15)(H,16,17). The molecule has 96 valence electrons. The average Bonchev–Trinajstić information content (AvgIpc) is 2.81. The van der Waals surface area contributed by atoms with Crippen LogP contribution in [0.4, 0.5) is 0 Å². The number of carbonyl (C=O) groups excluding carboxylic acids is 1. The molecule has 1 aromatic rings. The summed E-state index contributed by atoms with van der Waals surface area (Å²) in [7, 11) is 0. The van der Waals surface area contributed by atoms with Gasteiger partial charge in [-0.05, 0) is 31.2 Å². The normalized spacial score (nSPS) is 18.6. The molecule has 1 saturated heterocycles. The number of nitrogens with one attached hydrogen (secondary N) is 1. The van der Waals surface area contributed by atoms with Crippen molar-refractivity contribution < 1.29 is 14.7 Å². The molecule has 1 amide bonds. The topological polar surface area (TPSA) is 79.3 Å². The Bertz CT molecular complexity index is 484. The van der Waals surface area contributed by atoms with Crippen LogP contribution in [-0.2, 0) is 0 Å². The number of pyridine rings is 1. The van der Waals surface area contributed by atoms with E-state index in [9.17, 15) is 9.59 Å². The molecule has 2 N–H and O–H groups in total. The van der Waals surface area contributed by atoms with Crippen LogP contribution in [0.1, 0.15) is 33.0 Å². The van der Waals surface area contributed by atoms with Gasteiger partial charge in [0.15, 0.2) is 0 Å². The van der Waals surface area contributed by atoms with E-state index in [-0.39, 0.29) is 23.2 Å². The summed E-state index contributed by atoms with van der Waals surface area (Å²) in [6.45, 7) is 1.59. The first-order valence-electron chi connectivity index (χ1n) is 5.67. The molecule has 0 radical (unpaired) electrons. The van der Waals surface area contributed by atoms with E-state index in [1.807, 2.05) is 11.8 Å². The third-order valence-electron chi connectivity index (χ3n) is 2.81. The fraction of sp³-hybridized carbons (Fsp3) is 0.417. The van der Waals surface area contributed by atoms with Crippen molar-refractivity contribution in [2.45, 2.75) is 19.4 Å². The highest BCUT2D eigenvalue weighted by molar-refractivity contribution is 7.99. The number of aromatic nitrogens is 1. The van der Waals surface area contributed by atoms with Gasteiger partial charge in [-0.25, -0.2) is 9.78 Å². The molecule has 1 aromatic heterocycles. The van der Waals surface area contributed by atoms with Crippen molar-refractivity contribution in [3.63, 3.8) is 0 Å². The maximum absolute atomic E-state index is 11.9. The molecule has 0 aromatic carbocycles. The predicted octanol–water partition coefficient (Wildman–Crippen LogP) is 1.32. The zero-order valence-corrected chi connectivity index (χ0v) is 10.8. The summed E-state index contributed by atoms with van der Waals surface area (Å²) in [5, 5.41) is 11.8. The first-order valence-corrected chi connectivity index (χ1v) is 6.83. The van der Waals surface area contributed by atoms with Gasteiger partial charge in [0.25, 0.3) is 5.91 Å². The first-order chi connectivity index (χ1) is 8.58. The lowest BCUT2D eigenvalue weighted by Crippen LogP contribution is -2.35. The van der Waals surface area contributed by atoms with E-state index in [2.05, 4.69) is 10.3 Å². The Hall–Kier alpha value is -1.56. The Kier molecular flexibility index (Phi) is 3.86. The van der Waals surface area contributed by atoms with E-state index in [1.54, 1.807) is 6.92 Å². The molecule has 18 heavy (non-hydrogen) atoms. The van der Waals surface area contributed by atoms with Gasteiger partial charge in [-0.2, -0.15) is 11.8 Å². The van der Waals surface area contributed by atoms with Crippen LogP contribution in [0.5, 0.6) is 0 Å². The average molecular weight is 266 g/mol. The van der Waals surface area contributed by atoms with Gasteiger partial charge >= 0.3 is 5.97 Å². The Morgan fingerprint density at radius 1 is 1.50 bits per heavy atom. The molecule has 1 fully saturated rings. The largest absolute Gasteiger partial charge is 0.478 e. The number of nitrogens with zero attached hydrogens (tertiary/aromatic N) is 1. The van der Waals surface area contributed by atoms with Gasteiger partial charge < -0.3 is 10.4 Å². The lowest BCUT2D eigenvalue weighted by Gasteiger charge is -2.11. The van der Waals surface area contributed by atoms with Gasteiger partial charge in [0.1, 0.15) is 5.69 Å². The summed E-state index contributed by atoms with van der Waals surface area (Å²) in [6.07, 6.45) is 0.975. The van der Waals surface area contributed by atoms with Crippen LogP contribution in [0.2, 0.25) is 0 Å². The Labute approximate surface area is 109 Å². The maximum Gasteiger partial charge on any atom is 0.337 e. The van der Waals surface area contributed by atoms with Crippen molar-refractivity contribution >= 4 is 23.6 Å². The highest BCUT2D eigenvalue weighted by Gasteiger charge is 2.19. The van der Waals surface area contributed by atoms with Crippen molar-refractivity contribution in [1.29, 1.82) is 0 Å². The summed E-state index contributed by atoms with van der Waals surface area (Å²) in [4.78, 5) is 26.8. The minimum Gasteiger partial charge on any atom is -0.478 e. The van der Waals surface area contributed by atoms with Crippen molar-refractivity contribution in [2.24, 2.45) is 0 Å². The zero-order valence-electron chi connectivity index (χ0n) is 9.97. The molecule has 1 unspecified atom stereocenters. The smallest absolute Gasteiger partial charge is 0.337 e. The number of aryl methyl sites for hydroxylation is 1. The van der Waals surface area contributed by atoms with E-state index >= 15 is 0 Å². The Morgan fingerprint density at radius 3 is 2.83 bits per heavy atom. The van der Waals surface area contributed by atoms with E-state index < -0.39 is 5.97 Å². The lowest BCUT2D eigenvalue weighted by molar-refractivity contribution is 0.0694. The van der Waals surface area contributed by atoms with Gasteiger partial charge in [-0.15, -0.1) is 0 Å². The van der Waals surface area contributed by atoms with Gasteiger partial charge in [0, 0.05) is 11.8 Å². The molecule has 6 heteroatoms. The van der Waals surface area contributed by atoms with Crippen molar-refractivity contribution in [3.05, 3.63) is 29.1 Å². The van der Waals surface area contributed by atoms with Crippen molar-refractivity contribution in [2.75, 3.05) is 11.5 Å². The molecule has 1 aliphatic rings. The van der Waals surface area contributed by atoms with Gasteiger partial charge in [0.05, 0.1) is 11.3 Å². The molecular weight excluding hydrogens is 252 g/mol. The molecule has 0 saturated carbocycles. The third kappa shape index (κ3) is 2.81. The van der Waals surface area contributed by atoms with Crippen molar-refractivity contribution in [1.82, 2.24) is 10.3 Å². The molecule has 0 spiro atoms. The van der Waals surface area contributed by atoms with Gasteiger partial charge in [-0.3, -0.25) is 4.79 Å². The number of carboxylic acids is 1. The monoisotopic (exact) mass is 266 g/mol. The summed E-state index contributed by atoms with van der Waals surface area (Å²) >= 11 is 1.82. The number of aromatic carboxylic acids is 1. The molecule has 0 bridgehead atoms. The number of carboxylic acid groups (broad SMARTS) is 1. The van der Waals surface area contributed by atoms with Crippen molar-refractivity contribution in [3.8, 4) is 0 Å². The van der Waals surface area contributed by atoms with Crippen LogP contribution >= 0.6 is 11.8 Å². The molecule has 2 heterocycles. The summed E-state index contributed by atoms with van der Waals surface area (Å²) in [5.74, 6) is 0.731. The summed E-state index contributed by atoms with van der Waals surface area (Å²) in [6, 6.07) is 3.07. The Morgan fingerprint density at radius 2 is 2.28 bits per heavy atom. The molecule has 0 aliphatic carbocycles. The zero-order chi connectivity index (χ0) is 13.1. The SMILES string of the molecule is Cc1nc(C(=O)NC2CCSC2)ccc1C(=O)O. The third-order valence-corrected chi connectivity index (χ3v) is 3.98. The van der Waals surface area contributed by atoms with Gasteiger partial charge in [0.2, 0.25) is 0 Å². The quantitative estimate of drug-likeness (QED) is 0.862. The second-order valence-electron chi connectivity index (χ2n) is 4.17. The lowest BCUT2D eigenvalue weighted by atomic mass is 10.1. The molecule has 5 nitrogen and oxygen atoms in total. The second-order valence-corrected chi connectivity index (χ2v) is 5.32. The minimum absolute atomic E-state index is 0.128. The number of thioether (sulfide) groups is 1.